The van der Waals surface area contributed by atoms with Crippen LogP contribution in [0.15, 0.2) is 28.7 Å². The van der Waals surface area contributed by atoms with Crippen LogP contribution in [0.2, 0.25) is 0 Å². The Morgan fingerprint density at radius 3 is 2.75 bits per heavy atom. The standard InChI is InChI=1S/C8H8BrNO2/c9-7-4-2-1-3-6(7)5-10-8(11)12/h1-4,10H,5H2,(H,11,12). The molecule has 0 saturated heterocycles. The SMILES string of the molecule is O=C(O)NCc1ccccc1Br. The number of hydrogen-bond donors (Lipinski definition) is 2. The second-order valence-corrected chi connectivity index (χ2v) is 3.10. The van der Waals surface area contributed by atoms with E-state index < -0.39 is 6.09 Å². The summed E-state index contributed by atoms with van der Waals surface area (Å²) < 4.78 is 0.916. The lowest BCUT2D eigenvalue weighted by Crippen LogP contribution is -2.20. The molecule has 0 heterocycles. The number of benzene rings is 1. The Balaban J connectivity index is 2.63. The van der Waals surface area contributed by atoms with E-state index in [1.807, 2.05) is 24.3 Å². The molecule has 1 amide bonds. The first-order valence-electron chi connectivity index (χ1n) is 3.40. The summed E-state index contributed by atoms with van der Waals surface area (Å²) in [4.78, 5) is 10.2. The maximum absolute atomic E-state index is 10.2. The van der Waals surface area contributed by atoms with Crippen molar-refractivity contribution in [2.24, 2.45) is 0 Å². The highest BCUT2D eigenvalue weighted by atomic mass is 79.9. The summed E-state index contributed by atoms with van der Waals surface area (Å²) in [6, 6.07) is 7.48. The van der Waals surface area contributed by atoms with Gasteiger partial charge in [-0.2, -0.15) is 0 Å². The minimum absolute atomic E-state index is 0.330. The van der Waals surface area contributed by atoms with E-state index >= 15 is 0 Å². The summed E-state index contributed by atoms with van der Waals surface area (Å²) in [5.74, 6) is 0. The average molecular weight is 230 g/mol. The minimum Gasteiger partial charge on any atom is -0.465 e. The van der Waals surface area contributed by atoms with Crippen LogP contribution in [0.25, 0.3) is 0 Å². The highest BCUT2D eigenvalue weighted by Gasteiger charge is 1.99. The first kappa shape index (κ1) is 9.06. The fourth-order valence-electron chi connectivity index (χ4n) is 0.813. The molecule has 12 heavy (non-hydrogen) atoms. The van der Waals surface area contributed by atoms with E-state index in [0.717, 1.165) is 10.0 Å². The van der Waals surface area contributed by atoms with Crippen molar-refractivity contribution in [1.29, 1.82) is 0 Å². The van der Waals surface area contributed by atoms with Crippen molar-refractivity contribution < 1.29 is 9.90 Å². The molecule has 0 aliphatic rings. The van der Waals surface area contributed by atoms with Crippen molar-refractivity contribution in [3.8, 4) is 0 Å². The Morgan fingerprint density at radius 2 is 2.17 bits per heavy atom. The quantitative estimate of drug-likeness (QED) is 0.818. The van der Waals surface area contributed by atoms with E-state index in [9.17, 15) is 4.79 Å². The second-order valence-electron chi connectivity index (χ2n) is 2.25. The van der Waals surface area contributed by atoms with E-state index in [2.05, 4.69) is 21.2 Å². The largest absolute Gasteiger partial charge is 0.465 e. The van der Waals surface area contributed by atoms with Crippen LogP contribution < -0.4 is 5.32 Å². The van der Waals surface area contributed by atoms with Crippen LogP contribution in [0.3, 0.4) is 0 Å². The van der Waals surface area contributed by atoms with Crippen LogP contribution in [-0.2, 0) is 6.54 Å². The van der Waals surface area contributed by atoms with Crippen molar-refractivity contribution in [3.63, 3.8) is 0 Å². The predicted octanol–water partition coefficient (Wildman–Crippen LogP) is 2.22. The number of carbonyl (C=O) groups is 1. The molecular formula is C8H8BrNO2. The van der Waals surface area contributed by atoms with E-state index in [1.54, 1.807) is 0 Å². The molecule has 0 unspecified atom stereocenters. The summed E-state index contributed by atoms with van der Waals surface area (Å²) in [5.41, 5.74) is 0.930. The number of amides is 1. The number of carboxylic acid groups (broad SMARTS) is 1. The van der Waals surface area contributed by atoms with Gasteiger partial charge in [0.2, 0.25) is 0 Å². The van der Waals surface area contributed by atoms with Crippen molar-refractivity contribution in [3.05, 3.63) is 34.3 Å². The molecule has 0 saturated carbocycles. The molecule has 0 atom stereocenters. The monoisotopic (exact) mass is 229 g/mol. The van der Waals surface area contributed by atoms with E-state index in [1.165, 1.54) is 0 Å². The third kappa shape index (κ3) is 2.54. The Bertz CT molecular complexity index is 288. The number of halogens is 1. The fraction of sp³-hybridized carbons (Fsp3) is 0.125. The average Bonchev–Trinajstić information content (AvgIpc) is 2.03. The molecule has 1 aromatic rings. The summed E-state index contributed by atoms with van der Waals surface area (Å²) in [5, 5.41) is 10.6. The summed E-state index contributed by atoms with van der Waals surface area (Å²) >= 11 is 3.31. The van der Waals surface area contributed by atoms with Crippen LogP contribution in [0, 0.1) is 0 Å². The molecular weight excluding hydrogens is 222 g/mol. The van der Waals surface area contributed by atoms with Gasteiger partial charge in [-0.1, -0.05) is 34.1 Å². The predicted molar refractivity (Wildman–Crippen MR) is 49.0 cm³/mol. The molecule has 0 aliphatic heterocycles. The Hall–Kier alpha value is -1.03. The van der Waals surface area contributed by atoms with Gasteiger partial charge >= 0.3 is 6.09 Å². The van der Waals surface area contributed by atoms with Crippen molar-refractivity contribution in [1.82, 2.24) is 5.32 Å². The van der Waals surface area contributed by atoms with E-state index in [-0.39, 0.29) is 0 Å². The minimum atomic E-state index is -1.01. The van der Waals surface area contributed by atoms with Crippen LogP contribution >= 0.6 is 15.9 Å². The third-order valence-corrected chi connectivity index (χ3v) is 2.16. The fourth-order valence-corrected chi connectivity index (χ4v) is 1.24. The van der Waals surface area contributed by atoms with Crippen LogP contribution in [0.5, 0.6) is 0 Å². The first-order chi connectivity index (χ1) is 5.70. The summed E-state index contributed by atoms with van der Waals surface area (Å²) in [6.45, 7) is 0.330. The van der Waals surface area contributed by atoms with Gasteiger partial charge < -0.3 is 10.4 Å². The van der Waals surface area contributed by atoms with Crippen LogP contribution in [0.1, 0.15) is 5.56 Å². The van der Waals surface area contributed by atoms with Gasteiger partial charge in [-0.15, -0.1) is 0 Å². The van der Waals surface area contributed by atoms with Crippen molar-refractivity contribution >= 4 is 22.0 Å². The van der Waals surface area contributed by atoms with Gasteiger partial charge in [-0.05, 0) is 11.6 Å². The highest BCUT2D eigenvalue weighted by molar-refractivity contribution is 9.10. The van der Waals surface area contributed by atoms with Gasteiger partial charge in [-0.3, -0.25) is 0 Å². The zero-order valence-corrected chi connectivity index (χ0v) is 7.84. The number of nitrogens with one attached hydrogen (secondary N) is 1. The summed E-state index contributed by atoms with van der Waals surface area (Å²) in [6.07, 6.45) is -1.01. The Labute approximate surface area is 78.5 Å². The maximum atomic E-state index is 10.2. The zero-order chi connectivity index (χ0) is 8.97. The van der Waals surface area contributed by atoms with Gasteiger partial charge in [0.25, 0.3) is 0 Å². The molecule has 0 aromatic heterocycles. The number of rotatable bonds is 2. The highest BCUT2D eigenvalue weighted by Crippen LogP contribution is 2.14. The molecule has 1 rings (SSSR count). The third-order valence-electron chi connectivity index (χ3n) is 1.39. The molecule has 0 spiro atoms. The van der Waals surface area contributed by atoms with E-state index in [0.29, 0.717) is 6.54 Å². The molecule has 2 N–H and O–H groups in total. The Kier molecular flexibility index (Phi) is 3.10. The van der Waals surface area contributed by atoms with Crippen LogP contribution in [0.4, 0.5) is 4.79 Å². The van der Waals surface area contributed by atoms with Crippen molar-refractivity contribution in [2.75, 3.05) is 0 Å². The van der Waals surface area contributed by atoms with Gasteiger partial charge in [0.15, 0.2) is 0 Å². The molecule has 0 aliphatic carbocycles. The smallest absolute Gasteiger partial charge is 0.404 e. The molecule has 64 valence electrons. The molecule has 0 radical (unpaired) electrons. The zero-order valence-electron chi connectivity index (χ0n) is 6.25. The topological polar surface area (TPSA) is 49.3 Å². The number of hydrogen-bond acceptors (Lipinski definition) is 1. The van der Waals surface area contributed by atoms with E-state index in [4.69, 9.17) is 5.11 Å². The lowest BCUT2D eigenvalue weighted by atomic mass is 10.2. The van der Waals surface area contributed by atoms with Gasteiger partial charge in [0.05, 0.1) is 0 Å². The molecule has 4 heteroatoms. The maximum Gasteiger partial charge on any atom is 0.404 e. The van der Waals surface area contributed by atoms with Gasteiger partial charge in [-0.25, -0.2) is 4.79 Å². The molecule has 0 fully saturated rings. The summed E-state index contributed by atoms with van der Waals surface area (Å²) in [7, 11) is 0. The molecule has 0 bridgehead atoms. The van der Waals surface area contributed by atoms with Gasteiger partial charge in [0, 0.05) is 11.0 Å². The van der Waals surface area contributed by atoms with Crippen molar-refractivity contribution in [2.45, 2.75) is 6.54 Å². The lowest BCUT2D eigenvalue weighted by Gasteiger charge is -2.02. The first-order valence-corrected chi connectivity index (χ1v) is 4.19. The Morgan fingerprint density at radius 1 is 1.50 bits per heavy atom. The lowest BCUT2D eigenvalue weighted by molar-refractivity contribution is 0.194. The second kappa shape index (κ2) is 4.11. The molecule has 1 aromatic carbocycles. The molecule has 3 nitrogen and oxygen atoms in total. The normalized spacial score (nSPS) is 9.42. The van der Waals surface area contributed by atoms with Gasteiger partial charge in [0.1, 0.15) is 0 Å². The van der Waals surface area contributed by atoms with Crippen LogP contribution in [-0.4, -0.2) is 11.2 Å².